The summed E-state index contributed by atoms with van der Waals surface area (Å²) in [5.41, 5.74) is 2.99. The molecule has 32 heavy (non-hydrogen) atoms. The highest BCUT2D eigenvalue weighted by atomic mass is 16.5. The molecule has 0 fully saturated rings. The van der Waals surface area contributed by atoms with E-state index in [1.807, 2.05) is 60.7 Å². The van der Waals surface area contributed by atoms with E-state index in [1.54, 1.807) is 45.4 Å². The van der Waals surface area contributed by atoms with Gasteiger partial charge >= 0.3 is 0 Å². The lowest BCUT2D eigenvalue weighted by atomic mass is 9.97. The van der Waals surface area contributed by atoms with Gasteiger partial charge < -0.3 is 9.64 Å². The molecule has 1 heterocycles. The van der Waals surface area contributed by atoms with Crippen LogP contribution in [0.25, 0.3) is 22.4 Å². The Hall–Kier alpha value is -4.19. The molecule has 0 aliphatic rings. The highest BCUT2D eigenvalue weighted by molar-refractivity contribution is 5.96. The van der Waals surface area contributed by atoms with Crippen LogP contribution in [0.1, 0.15) is 10.4 Å². The first-order valence-electron chi connectivity index (χ1n) is 10.2. The van der Waals surface area contributed by atoms with Crippen LogP contribution in [-0.4, -0.2) is 34.7 Å². The van der Waals surface area contributed by atoms with Crippen molar-refractivity contribution in [2.24, 2.45) is 7.05 Å². The molecule has 0 N–H and O–H groups in total. The molecule has 160 valence electrons. The Bertz CT molecular complexity index is 1330. The van der Waals surface area contributed by atoms with Gasteiger partial charge in [0.15, 0.2) is 0 Å². The fraction of sp³-hybridized carbons (Fsp3) is 0.115. The lowest BCUT2D eigenvalue weighted by molar-refractivity contribution is 0.0827. The number of aryl methyl sites for hydroxylation is 1. The van der Waals surface area contributed by atoms with Crippen molar-refractivity contribution >= 4 is 5.91 Å². The van der Waals surface area contributed by atoms with Crippen molar-refractivity contribution in [3.05, 3.63) is 101 Å². The van der Waals surface area contributed by atoms with Crippen LogP contribution >= 0.6 is 0 Å². The normalized spacial score (nSPS) is 10.6. The van der Waals surface area contributed by atoms with Gasteiger partial charge in [-0.25, -0.2) is 4.68 Å². The number of amides is 1. The Morgan fingerprint density at radius 3 is 2.34 bits per heavy atom. The Morgan fingerprint density at radius 1 is 0.875 bits per heavy atom. The van der Waals surface area contributed by atoms with Gasteiger partial charge in [0.2, 0.25) is 0 Å². The van der Waals surface area contributed by atoms with E-state index in [0.29, 0.717) is 28.3 Å². The van der Waals surface area contributed by atoms with E-state index in [4.69, 9.17) is 4.74 Å². The minimum absolute atomic E-state index is 0.113. The molecule has 0 spiro atoms. The van der Waals surface area contributed by atoms with E-state index in [9.17, 15) is 9.59 Å². The SMILES string of the molecule is CN(C)C(=O)c1cccc(-c2cc(=O)n(C)nc2-c2ccccc2Oc2ccccc2)c1. The Morgan fingerprint density at radius 2 is 1.59 bits per heavy atom. The van der Waals surface area contributed by atoms with Crippen LogP contribution in [-0.2, 0) is 7.05 Å². The standard InChI is InChI=1S/C26H23N3O3/c1-28(2)26(31)19-11-9-10-18(16-19)22-17-24(30)29(3)27-25(22)21-14-7-8-15-23(21)32-20-12-5-4-6-13-20/h4-17H,1-3H3. The molecule has 1 aromatic heterocycles. The molecule has 0 aliphatic carbocycles. The van der Waals surface area contributed by atoms with Gasteiger partial charge in [0.25, 0.3) is 11.5 Å². The topological polar surface area (TPSA) is 64.4 Å². The fourth-order valence-corrected chi connectivity index (χ4v) is 3.40. The van der Waals surface area contributed by atoms with Crippen molar-refractivity contribution in [1.29, 1.82) is 0 Å². The van der Waals surface area contributed by atoms with Gasteiger partial charge in [0.1, 0.15) is 17.2 Å². The number of benzene rings is 3. The molecular formula is C26H23N3O3. The quantitative estimate of drug-likeness (QED) is 0.468. The van der Waals surface area contributed by atoms with Crippen LogP contribution in [0, 0.1) is 0 Å². The molecule has 0 bridgehead atoms. The maximum Gasteiger partial charge on any atom is 0.267 e. The summed E-state index contributed by atoms with van der Waals surface area (Å²) in [6.45, 7) is 0. The van der Waals surface area contributed by atoms with Crippen LogP contribution in [0.2, 0.25) is 0 Å². The maximum absolute atomic E-state index is 12.5. The molecular weight excluding hydrogens is 402 g/mol. The van der Waals surface area contributed by atoms with Crippen LogP contribution < -0.4 is 10.3 Å². The van der Waals surface area contributed by atoms with Gasteiger partial charge in [-0.3, -0.25) is 9.59 Å². The third-order valence-electron chi connectivity index (χ3n) is 5.03. The molecule has 0 saturated heterocycles. The van der Waals surface area contributed by atoms with E-state index in [0.717, 1.165) is 11.1 Å². The predicted molar refractivity (Wildman–Crippen MR) is 125 cm³/mol. The minimum Gasteiger partial charge on any atom is -0.457 e. The highest BCUT2D eigenvalue weighted by Crippen LogP contribution is 2.37. The molecule has 4 rings (SSSR count). The largest absolute Gasteiger partial charge is 0.457 e. The number of hydrogen-bond acceptors (Lipinski definition) is 4. The lowest BCUT2D eigenvalue weighted by Gasteiger charge is -2.16. The Labute approximate surface area is 186 Å². The summed E-state index contributed by atoms with van der Waals surface area (Å²) in [5, 5.41) is 4.56. The molecule has 0 unspecified atom stereocenters. The molecule has 4 aromatic rings. The van der Waals surface area contributed by atoms with E-state index >= 15 is 0 Å². The van der Waals surface area contributed by atoms with Gasteiger partial charge in [-0.05, 0) is 42.0 Å². The second-order valence-corrected chi connectivity index (χ2v) is 7.56. The molecule has 6 nitrogen and oxygen atoms in total. The fourth-order valence-electron chi connectivity index (χ4n) is 3.40. The summed E-state index contributed by atoms with van der Waals surface area (Å²) in [4.78, 5) is 26.5. The minimum atomic E-state index is -0.241. The first kappa shape index (κ1) is 21.1. The van der Waals surface area contributed by atoms with Crippen molar-refractivity contribution in [3.8, 4) is 33.9 Å². The third-order valence-corrected chi connectivity index (χ3v) is 5.03. The predicted octanol–water partition coefficient (Wildman–Crippen LogP) is 4.61. The van der Waals surface area contributed by atoms with Gasteiger partial charge in [0.05, 0.1) is 0 Å². The number of carbonyl (C=O) groups excluding carboxylic acids is 1. The van der Waals surface area contributed by atoms with Crippen LogP contribution in [0.3, 0.4) is 0 Å². The summed E-state index contributed by atoms with van der Waals surface area (Å²) >= 11 is 0. The van der Waals surface area contributed by atoms with Crippen molar-refractivity contribution in [2.75, 3.05) is 14.1 Å². The van der Waals surface area contributed by atoms with E-state index < -0.39 is 0 Å². The summed E-state index contributed by atoms with van der Waals surface area (Å²) in [6.07, 6.45) is 0. The number of para-hydroxylation sites is 2. The summed E-state index contributed by atoms with van der Waals surface area (Å²) in [5.74, 6) is 1.20. The molecule has 1 amide bonds. The van der Waals surface area contributed by atoms with Gasteiger partial charge in [0, 0.05) is 43.9 Å². The van der Waals surface area contributed by atoms with Crippen molar-refractivity contribution in [2.45, 2.75) is 0 Å². The van der Waals surface area contributed by atoms with Crippen molar-refractivity contribution in [3.63, 3.8) is 0 Å². The lowest BCUT2D eigenvalue weighted by Crippen LogP contribution is -2.22. The smallest absolute Gasteiger partial charge is 0.267 e. The van der Waals surface area contributed by atoms with Crippen molar-refractivity contribution < 1.29 is 9.53 Å². The number of ether oxygens (including phenoxy) is 1. The first-order valence-corrected chi connectivity index (χ1v) is 10.2. The monoisotopic (exact) mass is 425 g/mol. The highest BCUT2D eigenvalue weighted by Gasteiger charge is 2.18. The summed E-state index contributed by atoms with van der Waals surface area (Å²) in [7, 11) is 5.02. The van der Waals surface area contributed by atoms with Crippen LogP contribution in [0.4, 0.5) is 0 Å². The van der Waals surface area contributed by atoms with Crippen LogP contribution in [0.15, 0.2) is 89.7 Å². The maximum atomic E-state index is 12.5. The van der Waals surface area contributed by atoms with E-state index in [2.05, 4.69) is 5.10 Å². The van der Waals surface area contributed by atoms with Crippen molar-refractivity contribution in [1.82, 2.24) is 14.7 Å². The van der Waals surface area contributed by atoms with Gasteiger partial charge in [-0.1, -0.05) is 42.5 Å². The number of rotatable bonds is 5. The number of nitrogens with zero attached hydrogens (tertiary/aromatic N) is 3. The van der Waals surface area contributed by atoms with Gasteiger partial charge in [-0.2, -0.15) is 5.10 Å². The number of hydrogen-bond donors (Lipinski definition) is 0. The molecule has 0 saturated carbocycles. The van der Waals surface area contributed by atoms with Crippen LogP contribution in [0.5, 0.6) is 11.5 Å². The average Bonchev–Trinajstić information content (AvgIpc) is 2.81. The zero-order chi connectivity index (χ0) is 22.7. The Kier molecular flexibility index (Phi) is 5.85. The zero-order valence-corrected chi connectivity index (χ0v) is 18.1. The molecule has 0 atom stereocenters. The van der Waals surface area contributed by atoms with E-state index in [-0.39, 0.29) is 11.5 Å². The molecule has 6 heteroatoms. The zero-order valence-electron chi connectivity index (χ0n) is 18.1. The average molecular weight is 425 g/mol. The summed E-state index contributed by atoms with van der Waals surface area (Å²) in [6, 6.07) is 25.8. The molecule has 0 radical (unpaired) electrons. The molecule has 3 aromatic carbocycles. The van der Waals surface area contributed by atoms with Gasteiger partial charge in [-0.15, -0.1) is 0 Å². The second kappa shape index (κ2) is 8.89. The Balaban J connectivity index is 1.88. The van der Waals surface area contributed by atoms with E-state index in [1.165, 1.54) is 9.58 Å². The first-order chi connectivity index (χ1) is 15.4. The molecule has 0 aliphatic heterocycles. The second-order valence-electron chi connectivity index (χ2n) is 7.56. The summed E-state index contributed by atoms with van der Waals surface area (Å²) < 4.78 is 7.43. The number of aromatic nitrogens is 2. The third kappa shape index (κ3) is 4.30. The number of carbonyl (C=O) groups is 1.